The summed E-state index contributed by atoms with van der Waals surface area (Å²) in [5, 5.41) is 22.7. The van der Waals surface area contributed by atoms with Crippen LogP contribution in [0.4, 0.5) is 19.3 Å². The van der Waals surface area contributed by atoms with Crippen LogP contribution in [0.1, 0.15) is 57.6 Å². The Balaban J connectivity index is 1.64. The van der Waals surface area contributed by atoms with E-state index in [2.05, 4.69) is 4.98 Å². The zero-order valence-corrected chi connectivity index (χ0v) is 28.8. The van der Waals surface area contributed by atoms with Gasteiger partial charge >= 0.3 is 12.1 Å². The van der Waals surface area contributed by atoms with E-state index in [0.29, 0.717) is 5.75 Å². The minimum Gasteiger partial charge on any atom is -0.497 e. The normalized spacial score (nSPS) is 17.8. The van der Waals surface area contributed by atoms with E-state index in [4.69, 9.17) is 25.8 Å². The molecule has 11 nitrogen and oxygen atoms in total. The monoisotopic (exact) mass is 711 g/mol. The Morgan fingerprint density at radius 1 is 1.16 bits per heavy atom. The first-order valence-electron chi connectivity index (χ1n) is 15.8. The number of nitro groups is 1. The zero-order valence-electron chi connectivity index (χ0n) is 28.1. The Morgan fingerprint density at radius 3 is 2.46 bits per heavy atom. The number of carboxylic acid groups (broad SMARTS) is 1. The molecule has 0 saturated carbocycles. The lowest BCUT2D eigenvalue weighted by Gasteiger charge is -2.45. The smallest absolute Gasteiger partial charge is 0.410 e. The standard InChI is InChI=1S/C36H36ClF2N3O8/c1-6-36(33(43)44)19-41(34(45)50-35(2,3)4)15-14-23(36)28-22-16-24(37)29(31(39)32(22)40-17-26(28)42(46)47)30-25(38)8-7-9-27(30)49-18-20-10-12-21(48-5)13-11-20/h7-13,16-17,23H,6,14-15,18-19H2,1-5H3,(H,43,44). The fourth-order valence-electron chi connectivity index (χ4n) is 6.48. The summed E-state index contributed by atoms with van der Waals surface area (Å²) in [5.41, 5.74) is -3.53. The second kappa shape index (κ2) is 14.1. The SMILES string of the molecule is CCC1(C(=O)O)CN(C(=O)OC(C)(C)C)CCC1c1c([N+](=O)[O-])cnc2c(F)c(-c3c(F)cccc3OCc3ccc(OC)cc3)c(Cl)cc12. The molecule has 1 aliphatic rings. The first-order chi connectivity index (χ1) is 23.6. The van der Waals surface area contributed by atoms with Crippen molar-refractivity contribution in [2.24, 2.45) is 5.41 Å². The van der Waals surface area contributed by atoms with Crippen LogP contribution in [0.2, 0.25) is 5.02 Å². The predicted molar refractivity (Wildman–Crippen MR) is 182 cm³/mol. The second-order valence-electron chi connectivity index (χ2n) is 13.1. The van der Waals surface area contributed by atoms with Crippen molar-refractivity contribution in [3.05, 3.63) is 92.6 Å². The van der Waals surface area contributed by atoms with Gasteiger partial charge in [0.1, 0.15) is 41.2 Å². The summed E-state index contributed by atoms with van der Waals surface area (Å²) in [5.74, 6) is -3.69. The third-order valence-corrected chi connectivity index (χ3v) is 9.23. The Hall–Kier alpha value is -5.04. The number of hydrogen-bond acceptors (Lipinski definition) is 8. The zero-order chi connectivity index (χ0) is 36.5. The van der Waals surface area contributed by atoms with E-state index in [1.54, 1.807) is 52.0 Å². The maximum absolute atomic E-state index is 16.7. The number of aliphatic carboxylic acids is 1. The van der Waals surface area contributed by atoms with Gasteiger partial charge in [0.25, 0.3) is 5.69 Å². The molecule has 4 aromatic rings. The fraction of sp³-hybridized carbons (Fsp3) is 0.361. The summed E-state index contributed by atoms with van der Waals surface area (Å²) in [6, 6.07) is 12.2. The number of piperidine rings is 1. The number of benzene rings is 3. The molecule has 1 amide bonds. The summed E-state index contributed by atoms with van der Waals surface area (Å²) in [4.78, 5) is 43.1. The lowest BCUT2D eigenvalue weighted by molar-refractivity contribution is -0.386. The number of hydrogen-bond donors (Lipinski definition) is 1. The number of rotatable bonds is 9. The van der Waals surface area contributed by atoms with Crippen molar-refractivity contribution in [1.29, 1.82) is 0 Å². The fourth-order valence-corrected chi connectivity index (χ4v) is 6.77. The third-order valence-electron chi connectivity index (χ3n) is 8.93. The largest absolute Gasteiger partial charge is 0.497 e. The summed E-state index contributed by atoms with van der Waals surface area (Å²) >= 11 is 6.71. The minimum absolute atomic E-state index is 0.00184. The molecule has 50 heavy (non-hydrogen) atoms. The molecule has 5 rings (SSSR count). The van der Waals surface area contributed by atoms with Gasteiger partial charge in [-0.25, -0.2) is 18.6 Å². The molecule has 3 aromatic carbocycles. The van der Waals surface area contributed by atoms with Crippen LogP contribution in [-0.2, 0) is 16.1 Å². The molecule has 1 N–H and O–H groups in total. The Morgan fingerprint density at radius 2 is 1.86 bits per heavy atom. The molecule has 0 radical (unpaired) electrons. The van der Waals surface area contributed by atoms with Crippen LogP contribution in [0.25, 0.3) is 22.0 Å². The molecule has 264 valence electrons. The molecular formula is C36H36ClF2N3O8. The van der Waals surface area contributed by atoms with Crippen molar-refractivity contribution in [2.45, 2.75) is 58.7 Å². The van der Waals surface area contributed by atoms with Crippen molar-refractivity contribution < 1.29 is 42.6 Å². The molecule has 2 heterocycles. The number of carbonyl (C=O) groups is 2. The van der Waals surface area contributed by atoms with E-state index < -0.39 is 51.2 Å². The van der Waals surface area contributed by atoms with E-state index >= 15 is 8.78 Å². The van der Waals surface area contributed by atoms with Crippen LogP contribution in [0, 0.1) is 27.2 Å². The molecule has 14 heteroatoms. The van der Waals surface area contributed by atoms with Gasteiger partial charge in [-0.05, 0) is 69.5 Å². The lowest BCUT2D eigenvalue weighted by Crippen LogP contribution is -2.54. The molecule has 2 unspecified atom stereocenters. The number of halogens is 3. The Bertz CT molecular complexity index is 1970. The van der Waals surface area contributed by atoms with Crippen LogP contribution in [-0.4, -0.2) is 57.8 Å². The topological polar surface area (TPSA) is 141 Å². The van der Waals surface area contributed by atoms with Crippen molar-refractivity contribution in [2.75, 3.05) is 20.2 Å². The van der Waals surface area contributed by atoms with Gasteiger partial charge in [0.05, 0.1) is 28.0 Å². The number of ether oxygens (including phenoxy) is 3. The van der Waals surface area contributed by atoms with Crippen molar-refractivity contribution in [3.8, 4) is 22.6 Å². The van der Waals surface area contributed by atoms with Gasteiger partial charge in [-0.1, -0.05) is 36.7 Å². The Labute approximate surface area is 291 Å². The number of amides is 1. The highest BCUT2D eigenvalue weighted by Crippen LogP contribution is 2.52. The van der Waals surface area contributed by atoms with Crippen LogP contribution >= 0.6 is 11.6 Å². The second-order valence-corrected chi connectivity index (χ2v) is 13.5. The average molecular weight is 712 g/mol. The third kappa shape index (κ3) is 6.87. The number of aromatic nitrogens is 1. The van der Waals surface area contributed by atoms with Crippen LogP contribution in [0.15, 0.2) is 54.7 Å². The van der Waals surface area contributed by atoms with Gasteiger partial charge in [0.2, 0.25) is 0 Å². The van der Waals surface area contributed by atoms with Gasteiger partial charge in [-0.15, -0.1) is 0 Å². The molecule has 1 fully saturated rings. The van der Waals surface area contributed by atoms with Crippen LogP contribution in [0.5, 0.6) is 11.5 Å². The number of fused-ring (bicyclic) bond motifs is 1. The molecule has 0 spiro atoms. The van der Waals surface area contributed by atoms with Crippen molar-refractivity contribution in [3.63, 3.8) is 0 Å². The maximum Gasteiger partial charge on any atom is 0.410 e. The molecule has 2 atom stereocenters. The van der Waals surface area contributed by atoms with Gasteiger partial charge in [0.15, 0.2) is 5.82 Å². The van der Waals surface area contributed by atoms with Gasteiger partial charge in [-0.2, -0.15) is 0 Å². The number of carboxylic acids is 1. The average Bonchev–Trinajstić information content (AvgIpc) is 3.06. The highest BCUT2D eigenvalue weighted by atomic mass is 35.5. The summed E-state index contributed by atoms with van der Waals surface area (Å²) < 4.78 is 48.9. The van der Waals surface area contributed by atoms with E-state index in [1.807, 2.05) is 0 Å². The van der Waals surface area contributed by atoms with Gasteiger partial charge in [-0.3, -0.25) is 14.9 Å². The summed E-state index contributed by atoms with van der Waals surface area (Å²) in [7, 11) is 1.53. The molecule has 1 aromatic heterocycles. The van der Waals surface area contributed by atoms with E-state index in [9.17, 15) is 24.8 Å². The van der Waals surface area contributed by atoms with Crippen molar-refractivity contribution >= 4 is 40.3 Å². The van der Waals surface area contributed by atoms with Crippen molar-refractivity contribution in [1.82, 2.24) is 9.88 Å². The number of likely N-dealkylation sites (tertiary alicyclic amines) is 1. The molecule has 1 saturated heterocycles. The first kappa shape index (κ1) is 36.2. The van der Waals surface area contributed by atoms with Gasteiger partial charge < -0.3 is 24.2 Å². The number of methoxy groups -OCH3 is 1. The molecular weight excluding hydrogens is 676 g/mol. The molecule has 0 aliphatic carbocycles. The van der Waals surface area contributed by atoms with E-state index in [0.717, 1.165) is 17.8 Å². The summed E-state index contributed by atoms with van der Waals surface area (Å²) in [6.07, 6.45) is 0.0734. The Kier molecular flexibility index (Phi) is 10.2. The quantitative estimate of drug-likeness (QED) is 0.134. The van der Waals surface area contributed by atoms with Crippen LogP contribution < -0.4 is 9.47 Å². The lowest BCUT2D eigenvalue weighted by atomic mass is 9.65. The minimum atomic E-state index is -1.73. The number of carbonyl (C=O) groups excluding carboxylic acids is 1. The van der Waals surface area contributed by atoms with E-state index in [-0.39, 0.29) is 70.9 Å². The number of pyridine rings is 1. The molecule has 0 bridgehead atoms. The highest BCUT2D eigenvalue weighted by molar-refractivity contribution is 6.34. The molecule has 1 aliphatic heterocycles. The van der Waals surface area contributed by atoms with E-state index in [1.165, 1.54) is 30.2 Å². The first-order valence-corrected chi connectivity index (χ1v) is 16.2. The van der Waals surface area contributed by atoms with Crippen LogP contribution in [0.3, 0.4) is 0 Å². The summed E-state index contributed by atoms with van der Waals surface area (Å²) in [6.45, 7) is 6.32. The maximum atomic E-state index is 16.7. The highest BCUT2D eigenvalue weighted by Gasteiger charge is 2.53. The number of nitrogens with zero attached hydrogens (tertiary/aromatic N) is 3. The van der Waals surface area contributed by atoms with Gasteiger partial charge in [0, 0.05) is 35.5 Å². The predicted octanol–water partition coefficient (Wildman–Crippen LogP) is 8.53.